The summed E-state index contributed by atoms with van der Waals surface area (Å²) in [6.07, 6.45) is 0.237. The fourth-order valence-corrected chi connectivity index (χ4v) is 2.71. The van der Waals surface area contributed by atoms with Crippen molar-refractivity contribution >= 4 is 16.7 Å². The van der Waals surface area contributed by atoms with Gasteiger partial charge >= 0.3 is 5.97 Å². The predicted octanol–water partition coefficient (Wildman–Crippen LogP) is 4.23. The van der Waals surface area contributed by atoms with E-state index in [0.29, 0.717) is 0 Å². The minimum atomic E-state index is -0.251. The summed E-state index contributed by atoms with van der Waals surface area (Å²) in [5.41, 5.74) is 3.14. The van der Waals surface area contributed by atoms with Crippen LogP contribution in [0.15, 0.2) is 60.7 Å². The molecule has 3 rings (SSSR count). The molecule has 0 saturated carbocycles. The van der Waals surface area contributed by atoms with Crippen molar-refractivity contribution in [3.05, 3.63) is 66.2 Å². The van der Waals surface area contributed by atoms with Gasteiger partial charge in [-0.2, -0.15) is 0 Å². The van der Waals surface area contributed by atoms with Crippen molar-refractivity contribution in [2.75, 3.05) is 14.2 Å². The highest BCUT2D eigenvalue weighted by atomic mass is 16.5. The average molecular weight is 306 g/mol. The Balaban J connectivity index is 2.19. The number of hydrogen-bond acceptors (Lipinski definition) is 3. The van der Waals surface area contributed by atoms with Crippen LogP contribution in [0, 0.1) is 0 Å². The third kappa shape index (κ3) is 3.19. The van der Waals surface area contributed by atoms with Gasteiger partial charge in [-0.3, -0.25) is 4.79 Å². The highest BCUT2D eigenvalue weighted by Crippen LogP contribution is 2.30. The molecule has 0 heterocycles. The van der Waals surface area contributed by atoms with Crippen molar-refractivity contribution in [1.82, 2.24) is 0 Å². The lowest BCUT2D eigenvalue weighted by Crippen LogP contribution is -2.05. The van der Waals surface area contributed by atoms with Gasteiger partial charge in [-0.15, -0.1) is 0 Å². The van der Waals surface area contributed by atoms with E-state index in [-0.39, 0.29) is 12.4 Å². The molecule has 3 aromatic rings. The van der Waals surface area contributed by atoms with Gasteiger partial charge in [0.05, 0.1) is 20.6 Å². The van der Waals surface area contributed by atoms with Crippen LogP contribution >= 0.6 is 0 Å². The van der Waals surface area contributed by atoms with Gasteiger partial charge in [0, 0.05) is 0 Å². The van der Waals surface area contributed by atoms with E-state index in [1.54, 1.807) is 7.11 Å². The molecule has 23 heavy (non-hydrogen) atoms. The smallest absolute Gasteiger partial charge is 0.310 e. The summed E-state index contributed by atoms with van der Waals surface area (Å²) in [6.45, 7) is 0. The number of methoxy groups -OCH3 is 2. The molecule has 0 unspecified atom stereocenters. The van der Waals surface area contributed by atoms with Gasteiger partial charge in [0.2, 0.25) is 0 Å². The van der Waals surface area contributed by atoms with E-state index in [1.807, 2.05) is 42.5 Å². The van der Waals surface area contributed by atoms with Gasteiger partial charge in [0.1, 0.15) is 5.75 Å². The average Bonchev–Trinajstić information content (AvgIpc) is 2.61. The van der Waals surface area contributed by atoms with E-state index in [1.165, 1.54) is 7.11 Å². The number of ether oxygens (including phenoxy) is 2. The second-order valence-corrected chi connectivity index (χ2v) is 5.34. The van der Waals surface area contributed by atoms with Crippen molar-refractivity contribution in [2.45, 2.75) is 6.42 Å². The maximum Gasteiger partial charge on any atom is 0.310 e. The fraction of sp³-hybridized carbons (Fsp3) is 0.150. The lowest BCUT2D eigenvalue weighted by Gasteiger charge is -2.11. The molecule has 3 aromatic carbocycles. The summed E-state index contributed by atoms with van der Waals surface area (Å²) in [4.78, 5) is 11.8. The summed E-state index contributed by atoms with van der Waals surface area (Å²) in [7, 11) is 3.05. The van der Waals surface area contributed by atoms with E-state index in [0.717, 1.165) is 33.2 Å². The van der Waals surface area contributed by atoms with Crippen molar-refractivity contribution in [3.8, 4) is 16.9 Å². The highest BCUT2D eigenvalue weighted by Gasteiger charge is 2.11. The quantitative estimate of drug-likeness (QED) is 0.677. The van der Waals surface area contributed by atoms with Crippen LogP contribution in [0.3, 0.4) is 0 Å². The molecular weight excluding hydrogens is 288 g/mol. The SMILES string of the molecule is COC(=O)Cc1cc(-c2ccccc2)cc2ccc(OC)cc12. The lowest BCUT2D eigenvalue weighted by atomic mass is 9.95. The van der Waals surface area contributed by atoms with Crippen molar-refractivity contribution in [3.63, 3.8) is 0 Å². The Morgan fingerprint density at radius 3 is 2.39 bits per heavy atom. The Labute approximate surface area is 135 Å². The van der Waals surface area contributed by atoms with Crippen LogP contribution in [0.2, 0.25) is 0 Å². The number of carbonyl (C=O) groups excluding carboxylic acids is 1. The van der Waals surface area contributed by atoms with Gasteiger partial charge in [-0.1, -0.05) is 36.4 Å². The van der Waals surface area contributed by atoms with E-state index >= 15 is 0 Å². The third-order valence-electron chi connectivity index (χ3n) is 3.92. The van der Waals surface area contributed by atoms with Crippen molar-refractivity contribution in [1.29, 1.82) is 0 Å². The zero-order chi connectivity index (χ0) is 16.2. The summed E-state index contributed by atoms with van der Waals surface area (Å²) < 4.78 is 10.1. The second kappa shape index (κ2) is 6.53. The van der Waals surface area contributed by atoms with Crippen LogP contribution in [0.5, 0.6) is 5.75 Å². The number of hydrogen-bond donors (Lipinski definition) is 0. The molecule has 0 N–H and O–H groups in total. The van der Waals surface area contributed by atoms with Crippen LogP contribution in [0.1, 0.15) is 5.56 Å². The first-order valence-electron chi connectivity index (χ1n) is 7.44. The van der Waals surface area contributed by atoms with Crippen molar-refractivity contribution < 1.29 is 14.3 Å². The highest BCUT2D eigenvalue weighted by molar-refractivity contribution is 5.93. The maximum atomic E-state index is 11.8. The summed E-state index contributed by atoms with van der Waals surface area (Å²) in [5.74, 6) is 0.524. The second-order valence-electron chi connectivity index (χ2n) is 5.34. The fourth-order valence-electron chi connectivity index (χ4n) is 2.71. The van der Waals surface area contributed by atoms with E-state index < -0.39 is 0 Å². The minimum absolute atomic E-state index is 0.237. The minimum Gasteiger partial charge on any atom is -0.497 e. The van der Waals surface area contributed by atoms with E-state index in [4.69, 9.17) is 9.47 Å². The van der Waals surface area contributed by atoms with Gasteiger partial charge < -0.3 is 9.47 Å². The maximum absolute atomic E-state index is 11.8. The Morgan fingerprint density at radius 2 is 1.70 bits per heavy atom. The Hall–Kier alpha value is -2.81. The first kappa shape index (κ1) is 15.1. The molecule has 0 aliphatic rings. The molecule has 0 atom stereocenters. The predicted molar refractivity (Wildman–Crippen MR) is 91.7 cm³/mol. The van der Waals surface area contributed by atoms with Gasteiger partial charge in [-0.25, -0.2) is 0 Å². The molecule has 0 spiro atoms. The molecule has 0 aliphatic heterocycles. The lowest BCUT2D eigenvalue weighted by molar-refractivity contribution is -0.139. The molecule has 0 saturated heterocycles. The summed E-state index contributed by atoms with van der Waals surface area (Å²) in [5, 5.41) is 2.08. The molecular formula is C20H18O3. The Bertz CT molecular complexity index is 838. The summed E-state index contributed by atoms with van der Waals surface area (Å²) in [6, 6.07) is 20.2. The number of fused-ring (bicyclic) bond motifs is 1. The first-order valence-corrected chi connectivity index (χ1v) is 7.44. The topological polar surface area (TPSA) is 35.5 Å². The monoisotopic (exact) mass is 306 g/mol. The van der Waals surface area contributed by atoms with Gasteiger partial charge in [0.25, 0.3) is 0 Å². The molecule has 0 fully saturated rings. The zero-order valence-electron chi connectivity index (χ0n) is 13.2. The van der Waals surface area contributed by atoms with E-state index in [9.17, 15) is 4.79 Å². The molecule has 116 valence electrons. The molecule has 0 amide bonds. The molecule has 3 heteroatoms. The Kier molecular flexibility index (Phi) is 4.29. The molecule has 0 aromatic heterocycles. The normalized spacial score (nSPS) is 10.5. The van der Waals surface area contributed by atoms with E-state index in [2.05, 4.69) is 18.2 Å². The standard InChI is InChI=1S/C20H18O3/c1-22-18-9-8-15-10-16(14-6-4-3-5-7-14)11-17(19(15)13-18)12-20(21)23-2/h3-11,13H,12H2,1-2H3. The third-order valence-corrected chi connectivity index (χ3v) is 3.92. The Morgan fingerprint density at radius 1 is 0.913 bits per heavy atom. The zero-order valence-corrected chi connectivity index (χ0v) is 13.2. The number of esters is 1. The van der Waals surface area contributed by atoms with Crippen LogP contribution in [-0.2, 0) is 16.0 Å². The van der Waals surface area contributed by atoms with Crippen LogP contribution in [0.25, 0.3) is 21.9 Å². The molecule has 0 radical (unpaired) electrons. The first-order chi connectivity index (χ1) is 11.2. The van der Waals surface area contributed by atoms with Gasteiger partial charge in [-0.05, 0) is 51.7 Å². The van der Waals surface area contributed by atoms with Crippen LogP contribution in [0.4, 0.5) is 0 Å². The molecule has 0 bridgehead atoms. The number of benzene rings is 3. The van der Waals surface area contributed by atoms with Crippen LogP contribution in [-0.4, -0.2) is 20.2 Å². The van der Waals surface area contributed by atoms with Crippen molar-refractivity contribution in [2.24, 2.45) is 0 Å². The summed E-state index contributed by atoms with van der Waals surface area (Å²) >= 11 is 0. The molecule has 0 aliphatic carbocycles. The van der Waals surface area contributed by atoms with Crippen LogP contribution < -0.4 is 4.74 Å². The van der Waals surface area contributed by atoms with Gasteiger partial charge in [0.15, 0.2) is 0 Å². The number of rotatable bonds is 4. The number of carbonyl (C=O) groups is 1. The largest absolute Gasteiger partial charge is 0.497 e. The molecule has 3 nitrogen and oxygen atoms in total.